The van der Waals surface area contributed by atoms with E-state index in [1.54, 1.807) is 51.5 Å². The van der Waals surface area contributed by atoms with Crippen LogP contribution in [0.25, 0.3) is 6.08 Å². The quantitative estimate of drug-likeness (QED) is 0.752. The third kappa shape index (κ3) is 4.32. The summed E-state index contributed by atoms with van der Waals surface area (Å²) in [4.78, 5) is 14.0. The van der Waals surface area contributed by atoms with Crippen LogP contribution in [0.3, 0.4) is 0 Å². The molecule has 0 aliphatic rings. The molecule has 0 spiro atoms. The van der Waals surface area contributed by atoms with Crippen molar-refractivity contribution in [3.63, 3.8) is 0 Å². The van der Waals surface area contributed by atoms with Crippen molar-refractivity contribution >= 4 is 17.7 Å². The van der Waals surface area contributed by atoms with Gasteiger partial charge in [-0.25, -0.2) is 0 Å². The second-order valence-corrected chi connectivity index (χ2v) is 5.52. The topological polar surface area (TPSA) is 48.0 Å². The first-order valence-electron chi connectivity index (χ1n) is 7.82. The molecule has 0 aliphatic heterocycles. The maximum atomic E-state index is 12.4. The highest BCUT2D eigenvalue weighted by Crippen LogP contribution is 2.35. The molecule has 0 fully saturated rings. The SMILES string of the molecule is COc1cc(OC)c(OC)cc1C=CC(=O)N(C)c1cccc(C)c1. The van der Waals surface area contributed by atoms with Gasteiger partial charge in [0.05, 0.1) is 21.3 Å². The van der Waals surface area contributed by atoms with Crippen LogP contribution in [0.2, 0.25) is 0 Å². The highest BCUT2D eigenvalue weighted by atomic mass is 16.5. The van der Waals surface area contributed by atoms with E-state index in [1.165, 1.54) is 6.08 Å². The average molecular weight is 341 g/mol. The Hall–Kier alpha value is -2.95. The van der Waals surface area contributed by atoms with Crippen molar-refractivity contribution in [2.24, 2.45) is 0 Å². The van der Waals surface area contributed by atoms with Crippen molar-refractivity contribution in [3.8, 4) is 17.2 Å². The van der Waals surface area contributed by atoms with E-state index < -0.39 is 0 Å². The molecule has 0 aliphatic carbocycles. The first-order valence-corrected chi connectivity index (χ1v) is 7.82. The standard InChI is InChI=1S/C20H23NO4/c1-14-7-6-8-16(11-14)21(2)20(22)10-9-15-12-18(24-4)19(25-5)13-17(15)23-3/h6-13H,1-5H3. The Kier molecular flexibility index (Phi) is 6.06. The summed E-state index contributed by atoms with van der Waals surface area (Å²) in [5.74, 6) is 1.60. The lowest BCUT2D eigenvalue weighted by Crippen LogP contribution is -2.23. The molecular weight excluding hydrogens is 318 g/mol. The fourth-order valence-corrected chi connectivity index (χ4v) is 2.42. The van der Waals surface area contributed by atoms with Crippen LogP contribution in [0.5, 0.6) is 17.2 Å². The number of carbonyl (C=O) groups is 1. The van der Waals surface area contributed by atoms with Gasteiger partial charge in [-0.3, -0.25) is 4.79 Å². The molecule has 0 unspecified atom stereocenters. The molecule has 5 heteroatoms. The molecule has 0 atom stereocenters. The summed E-state index contributed by atoms with van der Waals surface area (Å²) < 4.78 is 15.9. The number of amides is 1. The molecule has 0 bridgehead atoms. The molecule has 2 aromatic carbocycles. The van der Waals surface area contributed by atoms with Crippen molar-refractivity contribution in [2.75, 3.05) is 33.3 Å². The van der Waals surface area contributed by atoms with Gasteiger partial charge >= 0.3 is 0 Å². The number of hydrogen-bond donors (Lipinski definition) is 0. The summed E-state index contributed by atoms with van der Waals surface area (Å²) in [6.07, 6.45) is 3.21. The van der Waals surface area contributed by atoms with Crippen molar-refractivity contribution < 1.29 is 19.0 Å². The fourth-order valence-electron chi connectivity index (χ4n) is 2.42. The molecule has 2 aromatic rings. The van der Waals surface area contributed by atoms with Crippen LogP contribution >= 0.6 is 0 Å². The largest absolute Gasteiger partial charge is 0.496 e. The van der Waals surface area contributed by atoms with Gasteiger partial charge in [-0.05, 0) is 36.8 Å². The summed E-state index contributed by atoms with van der Waals surface area (Å²) >= 11 is 0. The number of methoxy groups -OCH3 is 3. The van der Waals surface area contributed by atoms with Gasteiger partial charge in [-0.15, -0.1) is 0 Å². The molecule has 2 rings (SSSR count). The number of rotatable bonds is 6. The number of likely N-dealkylation sites (N-methyl/N-ethyl adjacent to an activating group) is 1. The zero-order valence-corrected chi connectivity index (χ0v) is 15.2. The predicted octanol–water partition coefficient (Wildman–Crippen LogP) is 3.70. The van der Waals surface area contributed by atoms with Gasteiger partial charge in [0.1, 0.15) is 5.75 Å². The normalized spacial score (nSPS) is 10.6. The van der Waals surface area contributed by atoms with Gasteiger partial charge in [0.15, 0.2) is 11.5 Å². The lowest BCUT2D eigenvalue weighted by atomic mass is 10.1. The van der Waals surface area contributed by atoms with Crippen molar-refractivity contribution in [1.82, 2.24) is 0 Å². The van der Waals surface area contributed by atoms with E-state index in [0.717, 1.165) is 16.8 Å². The third-order valence-corrected chi connectivity index (χ3v) is 3.86. The van der Waals surface area contributed by atoms with Gasteiger partial charge in [0.2, 0.25) is 0 Å². The zero-order chi connectivity index (χ0) is 18.4. The monoisotopic (exact) mass is 341 g/mol. The predicted molar refractivity (Wildman–Crippen MR) is 99.7 cm³/mol. The molecule has 0 N–H and O–H groups in total. The van der Waals surface area contributed by atoms with Crippen molar-refractivity contribution in [3.05, 3.63) is 53.6 Å². The van der Waals surface area contributed by atoms with Crippen LogP contribution in [0, 0.1) is 6.92 Å². The molecule has 0 heterocycles. The maximum absolute atomic E-state index is 12.4. The number of anilines is 1. The summed E-state index contributed by atoms with van der Waals surface area (Å²) in [6.45, 7) is 1.99. The second-order valence-electron chi connectivity index (χ2n) is 5.52. The lowest BCUT2D eigenvalue weighted by molar-refractivity contribution is -0.113. The summed E-state index contributed by atoms with van der Waals surface area (Å²) in [6, 6.07) is 11.3. The Morgan fingerprint density at radius 1 is 0.960 bits per heavy atom. The molecule has 0 saturated heterocycles. The molecule has 5 nitrogen and oxygen atoms in total. The number of hydrogen-bond acceptors (Lipinski definition) is 4. The summed E-state index contributed by atoms with van der Waals surface area (Å²) in [5, 5.41) is 0. The minimum absolute atomic E-state index is 0.137. The van der Waals surface area contributed by atoms with Gasteiger partial charge in [0, 0.05) is 30.4 Å². The number of carbonyl (C=O) groups excluding carboxylic acids is 1. The fraction of sp³-hybridized carbons (Fsp3) is 0.250. The molecule has 132 valence electrons. The van der Waals surface area contributed by atoms with Gasteiger partial charge in [0.25, 0.3) is 5.91 Å². The Labute approximate surface area is 148 Å². The van der Waals surface area contributed by atoms with Crippen molar-refractivity contribution in [2.45, 2.75) is 6.92 Å². The van der Waals surface area contributed by atoms with Crippen LogP contribution < -0.4 is 19.1 Å². The first kappa shape index (κ1) is 18.4. The first-order chi connectivity index (χ1) is 12.0. The number of ether oxygens (including phenoxy) is 3. The minimum Gasteiger partial charge on any atom is -0.496 e. The molecule has 1 amide bonds. The average Bonchev–Trinajstić information content (AvgIpc) is 2.64. The van der Waals surface area contributed by atoms with Gasteiger partial charge < -0.3 is 19.1 Å². The second kappa shape index (κ2) is 8.24. The van der Waals surface area contributed by atoms with Crippen LogP contribution in [0.15, 0.2) is 42.5 Å². The highest BCUT2D eigenvalue weighted by Gasteiger charge is 2.12. The van der Waals surface area contributed by atoms with Crippen molar-refractivity contribution in [1.29, 1.82) is 0 Å². The Balaban J connectivity index is 2.27. The van der Waals surface area contributed by atoms with E-state index in [2.05, 4.69) is 0 Å². The summed E-state index contributed by atoms with van der Waals surface area (Å²) in [7, 11) is 6.44. The zero-order valence-electron chi connectivity index (χ0n) is 15.2. The number of aryl methyl sites for hydroxylation is 1. The number of nitrogens with zero attached hydrogens (tertiary/aromatic N) is 1. The molecule has 0 radical (unpaired) electrons. The van der Waals surface area contributed by atoms with Crippen LogP contribution in [0.1, 0.15) is 11.1 Å². The van der Waals surface area contributed by atoms with E-state index in [4.69, 9.17) is 14.2 Å². The maximum Gasteiger partial charge on any atom is 0.250 e. The molecule has 0 saturated carbocycles. The lowest BCUT2D eigenvalue weighted by Gasteiger charge is -2.16. The highest BCUT2D eigenvalue weighted by molar-refractivity contribution is 6.03. The minimum atomic E-state index is -0.137. The van der Waals surface area contributed by atoms with Gasteiger partial charge in [-0.1, -0.05) is 12.1 Å². The Morgan fingerprint density at radius 2 is 1.60 bits per heavy atom. The number of benzene rings is 2. The smallest absolute Gasteiger partial charge is 0.250 e. The Bertz CT molecular complexity index is 783. The molecule has 25 heavy (non-hydrogen) atoms. The van der Waals surface area contributed by atoms with Gasteiger partial charge in [-0.2, -0.15) is 0 Å². The van der Waals surface area contributed by atoms with Crippen LogP contribution in [-0.2, 0) is 4.79 Å². The van der Waals surface area contributed by atoms with E-state index in [9.17, 15) is 4.79 Å². The van der Waals surface area contributed by atoms with Crippen LogP contribution in [0.4, 0.5) is 5.69 Å². The summed E-state index contributed by atoms with van der Waals surface area (Å²) in [5.41, 5.74) is 2.67. The molecular formula is C20H23NO4. The van der Waals surface area contributed by atoms with Crippen LogP contribution in [-0.4, -0.2) is 34.3 Å². The third-order valence-electron chi connectivity index (χ3n) is 3.86. The van der Waals surface area contributed by atoms with E-state index in [0.29, 0.717) is 17.2 Å². The molecule has 0 aromatic heterocycles. The van der Waals surface area contributed by atoms with E-state index in [-0.39, 0.29) is 5.91 Å². The van der Waals surface area contributed by atoms with E-state index in [1.807, 2.05) is 31.2 Å². The Morgan fingerprint density at radius 3 is 2.20 bits per heavy atom. The van der Waals surface area contributed by atoms with E-state index >= 15 is 0 Å².